The van der Waals surface area contributed by atoms with E-state index in [1.165, 1.54) is 21.8 Å². The van der Waals surface area contributed by atoms with Gasteiger partial charge in [0.2, 0.25) is 0 Å². The van der Waals surface area contributed by atoms with Gasteiger partial charge in [-0.1, -0.05) is 12.1 Å². The number of piperidine rings is 1. The first-order valence-electron chi connectivity index (χ1n) is 11.6. The maximum atomic E-state index is 14.8. The predicted octanol–water partition coefficient (Wildman–Crippen LogP) is 1.93. The van der Waals surface area contributed by atoms with Crippen LogP contribution in [0.15, 0.2) is 41.3 Å². The summed E-state index contributed by atoms with van der Waals surface area (Å²) in [6, 6.07) is 9.81. The fourth-order valence-corrected chi connectivity index (χ4v) is 5.59. The smallest absolute Gasteiger partial charge is 0.251 e. The maximum Gasteiger partial charge on any atom is 0.251 e. The highest BCUT2D eigenvalue weighted by Gasteiger charge is 2.43. The van der Waals surface area contributed by atoms with Crippen LogP contribution in [0.1, 0.15) is 29.5 Å². The number of nitrogens with zero attached hydrogens (tertiary/aromatic N) is 3. The van der Waals surface area contributed by atoms with Crippen LogP contribution in [0.4, 0.5) is 4.39 Å². The van der Waals surface area contributed by atoms with E-state index in [1.807, 2.05) is 0 Å². The van der Waals surface area contributed by atoms with Crippen LogP contribution in [0.3, 0.4) is 0 Å². The fourth-order valence-electron chi connectivity index (χ4n) is 5.59. The summed E-state index contributed by atoms with van der Waals surface area (Å²) in [4.78, 5) is 18.6. The van der Waals surface area contributed by atoms with Crippen molar-refractivity contribution in [1.29, 1.82) is 0 Å². The number of pyridine rings is 2. The van der Waals surface area contributed by atoms with Crippen molar-refractivity contribution in [3.63, 3.8) is 0 Å². The normalized spacial score (nSPS) is 22.6. The number of likely N-dealkylation sites (tertiary alicyclic amines) is 1. The first-order valence-corrected chi connectivity index (χ1v) is 11.6. The molecule has 7 nitrogen and oxygen atoms in total. The van der Waals surface area contributed by atoms with Crippen LogP contribution >= 0.6 is 0 Å². The number of rotatable bonds is 5. The number of ether oxygens (including phenoxy) is 1. The molecule has 3 aliphatic heterocycles. The summed E-state index contributed by atoms with van der Waals surface area (Å²) < 4.78 is 21.8. The number of benzene rings is 1. The summed E-state index contributed by atoms with van der Waals surface area (Å²) in [6.07, 6.45) is 4.02. The summed E-state index contributed by atoms with van der Waals surface area (Å²) >= 11 is 0. The first kappa shape index (κ1) is 20.8. The van der Waals surface area contributed by atoms with Gasteiger partial charge in [-0.2, -0.15) is 0 Å². The molecular weight excluding hydrogens is 423 g/mol. The molecule has 0 amide bonds. The summed E-state index contributed by atoms with van der Waals surface area (Å²) in [7, 11) is 0. The van der Waals surface area contributed by atoms with Crippen molar-refractivity contribution < 1.29 is 14.2 Å². The van der Waals surface area contributed by atoms with Gasteiger partial charge in [0.25, 0.3) is 5.56 Å². The Morgan fingerprint density at radius 1 is 1.24 bits per heavy atom. The highest BCUT2D eigenvalue weighted by atomic mass is 19.1. The molecule has 0 bridgehead atoms. The number of aromatic nitrogens is 2. The summed E-state index contributed by atoms with van der Waals surface area (Å²) in [5.74, 6) is 0.447. The minimum Gasteiger partial charge on any atom is -0.493 e. The van der Waals surface area contributed by atoms with Crippen LogP contribution in [0, 0.1) is 5.82 Å². The third-order valence-corrected chi connectivity index (χ3v) is 7.26. The van der Waals surface area contributed by atoms with Crippen molar-refractivity contribution in [2.45, 2.75) is 44.0 Å². The minimum absolute atomic E-state index is 0.0569. The Morgan fingerprint density at radius 2 is 2.09 bits per heavy atom. The Balaban J connectivity index is 1.10. The largest absolute Gasteiger partial charge is 0.493 e. The van der Waals surface area contributed by atoms with Crippen molar-refractivity contribution in [2.75, 3.05) is 26.2 Å². The van der Waals surface area contributed by atoms with Crippen LogP contribution in [0.2, 0.25) is 0 Å². The van der Waals surface area contributed by atoms with Gasteiger partial charge in [-0.25, -0.2) is 4.39 Å². The molecule has 172 valence electrons. The minimum atomic E-state index is -1.44. The van der Waals surface area contributed by atoms with E-state index >= 15 is 0 Å². The van der Waals surface area contributed by atoms with Gasteiger partial charge in [-0.3, -0.25) is 14.7 Å². The fraction of sp³-hybridized carbons (Fsp3) is 0.440. The van der Waals surface area contributed by atoms with E-state index in [-0.39, 0.29) is 17.7 Å². The summed E-state index contributed by atoms with van der Waals surface area (Å²) in [5, 5.41) is 15.1. The Morgan fingerprint density at radius 3 is 2.94 bits per heavy atom. The van der Waals surface area contributed by atoms with Crippen molar-refractivity contribution in [3.8, 4) is 5.75 Å². The lowest BCUT2D eigenvalue weighted by Crippen LogP contribution is -2.48. The van der Waals surface area contributed by atoms with Gasteiger partial charge < -0.3 is 19.7 Å². The third-order valence-electron chi connectivity index (χ3n) is 7.26. The van der Waals surface area contributed by atoms with Crippen molar-refractivity contribution in [3.05, 3.63) is 69.4 Å². The maximum absolute atomic E-state index is 14.8. The summed E-state index contributed by atoms with van der Waals surface area (Å²) in [6.45, 7) is 3.55. The number of hydrogen-bond acceptors (Lipinski definition) is 6. The molecule has 33 heavy (non-hydrogen) atoms. The lowest BCUT2D eigenvalue weighted by atomic mass is 9.93. The van der Waals surface area contributed by atoms with Crippen LogP contribution in [0.5, 0.6) is 5.75 Å². The quantitative estimate of drug-likeness (QED) is 0.619. The summed E-state index contributed by atoms with van der Waals surface area (Å²) in [5.41, 5.74) is 2.02. The number of halogens is 1. The molecule has 0 unspecified atom stereocenters. The van der Waals surface area contributed by atoms with E-state index in [0.717, 1.165) is 57.4 Å². The molecular formula is C25H27FN4O3. The van der Waals surface area contributed by atoms with Crippen molar-refractivity contribution in [2.24, 2.45) is 0 Å². The number of nitrogens with one attached hydrogen (secondary N) is 1. The van der Waals surface area contributed by atoms with E-state index in [4.69, 9.17) is 4.74 Å². The monoisotopic (exact) mass is 450 g/mol. The molecule has 0 saturated carbocycles. The Hall–Kier alpha value is -2.81. The SMILES string of the molecule is O=c1ccc2ncc(F)c3c2n1C[C@@]3(O)CN1CCC(NCc2ccc3c(c2)CCO3)CC1. The van der Waals surface area contributed by atoms with Gasteiger partial charge in [0.05, 0.1) is 35.9 Å². The molecule has 0 aliphatic carbocycles. The Labute approximate surface area is 190 Å². The highest BCUT2D eigenvalue weighted by molar-refractivity contribution is 5.81. The van der Waals surface area contributed by atoms with Gasteiger partial charge in [-0.15, -0.1) is 0 Å². The van der Waals surface area contributed by atoms with Gasteiger partial charge in [-0.05, 0) is 49.2 Å². The van der Waals surface area contributed by atoms with Gasteiger partial charge in [0, 0.05) is 31.6 Å². The molecule has 1 fully saturated rings. The van der Waals surface area contributed by atoms with Gasteiger partial charge in [0.1, 0.15) is 17.2 Å². The van der Waals surface area contributed by atoms with Gasteiger partial charge in [0.15, 0.2) is 0 Å². The van der Waals surface area contributed by atoms with Crippen LogP contribution < -0.4 is 15.6 Å². The second-order valence-corrected chi connectivity index (χ2v) is 9.48. The molecule has 0 spiro atoms. The number of fused-ring (bicyclic) bond motifs is 1. The Bertz CT molecular complexity index is 1280. The third kappa shape index (κ3) is 3.62. The topological polar surface area (TPSA) is 79.6 Å². The average Bonchev–Trinajstić information content (AvgIpc) is 3.40. The molecule has 3 aromatic rings. The van der Waals surface area contributed by atoms with E-state index in [9.17, 15) is 14.3 Å². The van der Waals surface area contributed by atoms with Crippen molar-refractivity contribution in [1.82, 2.24) is 19.8 Å². The predicted molar refractivity (Wildman–Crippen MR) is 122 cm³/mol. The van der Waals surface area contributed by atoms with Crippen LogP contribution in [0.25, 0.3) is 11.0 Å². The standard InChI is InChI=1S/C25H27FN4O3/c26-19-13-28-20-2-4-22(31)30-15-25(32,23(19)24(20)30)14-29-8-5-18(6-9-29)27-12-16-1-3-21-17(11-16)7-10-33-21/h1-4,11,13,18,27,32H,5-10,12,14-15H2/t25-/m0/s1. The molecule has 2 N–H and O–H groups in total. The van der Waals surface area contributed by atoms with Crippen molar-refractivity contribution >= 4 is 11.0 Å². The second kappa shape index (κ2) is 7.90. The van der Waals surface area contributed by atoms with Crippen LogP contribution in [-0.4, -0.2) is 51.8 Å². The van der Waals surface area contributed by atoms with E-state index in [2.05, 4.69) is 33.4 Å². The molecule has 1 saturated heterocycles. The zero-order valence-electron chi connectivity index (χ0n) is 18.4. The molecule has 6 rings (SSSR count). The van der Waals surface area contributed by atoms with Crippen LogP contribution in [-0.2, 0) is 25.1 Å². The Kier molecular flexibility index (Phi) is 4.97. The number of hydrogen-bond donors (Lipinski definition) is 2. The highest BCUT2D eigenvalue weighted by Crippen LogP contribution is 2.38. The van der Waals surface area contributed by atoms with E-state index in [0.29, 0.717) is 23.6 Å². The lowest BCUT2D eigenvalue weighted by molar-refractivity contribution is -0.0159. The molecule has 5 heterocycles. The number of aliphatic hydroxyl groups is 1. The lowest BCUT2D eigenvalue weighted by Gasteiger charge is -2.37. The number of β-amino-alcohol motifs (C(OH)–C–C–N with tert-alkyl or cyclic N) is 1. The zero-order chi connectivity index (χ0) is 22.6. The van der Waals surface area contributed by atoms with E-state index in [1.54, 1.807) is 6.07 Å². The average molecular weight is 451 g/mol. The first-order chi connectivity index (χ1) is 16.0. The van der Waals surface area contributed by atoms with E-state index < -0.39 is 11.4 Å². The molecule has 1 aromatic carbocycles. The molecule has 0 radical (unpaired) electrons. The molecule has 3 aliphatic rings. The second-order valence-electron chi connectivity index (χ2n) is 9.48. The molecule has 2 aromatic heterocycles. The van der Waals surface area contributed by atoms with Gasteiger partial charge >= 0.3 is 0 Å². The zero-order valence-corrected chi connectivity index (χ0v) is 18.4. The molecule has 1 atom stereocenters. The molecule has 8 heteroatoms.